The van der Waals surface area contributed by atoms with Gasteiger partial charge in [0.1, 0.15) is 12.2 Å². The van der Waals surface area contributed by atoms with Gasteiger partial charge in [-0.3, -0.25) is 0 Å². The summed E-state index contributed by atoms with van der Waals surface area (Å²) < 4.78 is 17.9. The van der Waals surface area contributed by atoms with Gasteiger partial charge in [-0.15, -0.1) is 5.73 Å². The average molecular weight is 200 g/mol. The van der Waals surface area contributed by atoms with Crippen LogP contribution in [0.2, 0.25) is 0 Å². The van der Waals surface area contributed by atoms with Gasteiger partial charge < -0.3 is 20.1 Å². The van der Waals surface area contributed by atoms with Crippen molar-refractivity contribution in [1.29, 1.82) is 0 Å². The van der Waals surface area contributed by atoms with Crippen molar-refractivity contribution in [3.8, 4) is 0 Å². The third-order valence-corrected chi connectivity index (χ3v) is 2.17. The molecule has 1 fully saturated rings. The molecule has 0 spiro atoms. The summed E-state index contributed by atoms with van der Waals surface area (Å²) in [5, 5.41) is 27.8. The number of hydrogen-bond donors (Lipinski definition) is 3. The van der Waals surface area contributed by atoms with Gasteiger partial charge in [0.15, 0.2) is 19.2 Å². The Bertz CT molecular complexity index is 277. The smallest absolute Gasteiger partial charge is 0.195 e. The van der Waals surface area contributed by atoms with E-state index in [0.717, 1.165) is 6.08 Å². The lowest BCUT2D eigenvalue weighted by molar-refractivity contribution is -0.144. The minimum Gasteiger partial charge on any atom is -0.394 e. The largest absolute Gasteiger partial charge is 0.394 e. The van der Waals surface area contributed by atoms with Crippen LogP contribution in [0.15, 0.2) is 18.4 Å². The van der Waals surface area contributed by atoms with Gasteiger partial charge in [-0.2, -0.15) is 0 Å². The van der Waals surface area contributed by atoms with Gasteiger partial charge in [-0.05, 0) is 6.08 Å². The van der Waals surface area contributed by atoms with Crippen molar-refractivity contribution in [2.24, 2.45) is 0 Å². The van der Waals surface area contributed by atoms with E-state index in [1.165, 1.54) is 0 Å². The van der Waals surface area contributed by atoms with Crippen LogP contribution in [-0.2, 0) is 4.74 Å². The lowest BCUT2D eigenvalue weighted by Crippen LogP contribution is -2.53. The van der Waals surface area contributed by atoms with Crippen molar-refractivity contribution in [2.75, 3.05) is 6.61 Å². The summed E-state index contributed by atoms with van der Waals surface area (Å²) in [6, 6.07) is 0. The summed E-state index contributed by atoms with van der Waals surface area (Å²) >= 11 is 0. The first kappa shape index (κ1) is 11.4. The molecular weight excluding hydrogens is 190 g/mol. The molecule has 0 amide bonds. The first-order valence-corrected chi connectivity index (χ1v) is 3.93. The van der Waals surface area contributed by atoms with Crippen molar-refractivity contribution in [2.45, 2.75) is 23.6 Å². The van der Waals surface area contributed by atoms with E-state index >= 15 is 0 Å². The number of hydrogen-bond acceptors (Lipinski definition) is 4. The van der Waals surface area contributed by atoms with Gasteiger partial charge in [0.25, 0.3) is 0 Å². The standard InChI is InChI=1S/C8H10BFO4/c1-2-3-7(13)6(12)5(4-11)14-8(7,9)10/h3,5-6,11-13H,1,4H2/t5-,6?,7?,8-/m1/s1. The molecule has 76 valence electrons. The molecule has 14 heavy (non-hydrogen) atoms. The Labute approximate surface area is 81.7 Å². The zero-order chi connectivity index (χ0) is 11.0. The number of ether oxygens (including phenoxy) is 1. The first-order chi connectivity index (χ1) is 6.39. The van der Waals surface area contributed by atoms with Crippen molar-refractivity contribution < 1.29 is 24.4 Å². The highest BCUT2D eigenvalue weighted by Crippen LogP contribution is 2.39. The van der Waals surface area contributed by atoms with Crippen LogP contribution < -0.4 is 0 Å². The zero-order valence-corrected chi connectivity index (χ0v) is 7.35. The lowest BCUT2D eigenvalue weighted by Gasteiger charge is -2.29. The molecule has 0 aromatic heterocycles. The highest BCUT2D eigenvalue weighted by Gasteiger charge is 2.61. The van der Waals surface area contributed by atoms with Gasteiger partial charge >= 0.3 is 0 Å². The summed E-state index contributed by atoms with van der Waals surface area (Å²) in [6.45, 7) is 2.47. The normalized spacial score (nSPS) is 47.4. The maximum absolute atomic E-state index is 13.5. The lowest BCUT2D eigenvalue weighted by atomic mass is 9.78. The van der Waals surface area contributed by atoms with Gasteiger partial charge in [0.05, 0.1) is 6.61 Å². The molecule has 2 unspecified atom stereocenters. The molecule has 2 radical (unpaired) electrons. The van der Waals surface area contributed by atoms with E-state index in [0.29, 0.717) is 0 Å². The molecule has 0 aromatic rings. The second-order valence-electron chi connectivity index (χ2n) is 3.10. The topological polar surface area (TPSA) is 69.9 Å². The summed E-state index contributed by atoms with van der Waals surface area (Å²) in [7, 11) is 4.99. The van der Waals surface area contributed by atoms with Crippen LogP contribution >= 0.6 is 0 Å². The zero-order valence-electron chi connectivity index (χ0n) is 7.35. The molecule has 3 N–H and O–H groups in total. The van der Waals surface area contributed by atoms with Gasteiger partial charge in [0.2, 0.25) is 0 Å². The second kappa shape index (κ2) is 3.49. The Morgan fingerprint density at radius 3 is 2.64 bits per heavy atom. The fourth-order valence-corrected chi connectivity index (χ4v) is 1.34. The molecule has 4 atom stereocenters. The first-order valence-electron chi connectivity index (χ1n) is 3.93. The molecule has 1 saturated heterocycles. The Balaban J connectivity index is 3.09. The monoisotopic (exact) mass is 200 g/mol. The molecule has 1 aliphatic rings. The van der Waals surface area contributed by atoms with E-state index in [9.17, 15) is 14.6 Å². The fraction of sp³-hybridized carbons (Fsp3) is 0.625. The Hall–Kier alpha value is -0.645. The Morgan fingerprint density at radius 1 is 1.71 bits per heavy atom. The van der Waals surface area contributed by atoms with E-state index in [2.05, 4.69) is 17.0 Å². The van der Waals surface area contributed by atoms with Crippen LogP contribution in [0, 0.1) is 0 Å². The van der Waals surface area contributed by atoms with Crippen molar-refractivity contribution >= 4 is 7.85 Å². The minimum atomic E-state index is -2.97. The van der Waals surface area contributed by atoms with Crippen LogP contribution in [-0.4, -0.2) is 53.3 Å². The maximum Gasteiger partial charge on any atom is 0.195 e. The molecule has 1 rings (SSSR count). The van der Waals surface area contributed by atoms with Gasteiger partial charge in [0, 0.05) is 0 Å². The Morgan fingerprint density at radius 2 is 2.29 bits per heavy atom. The van der Waals surface area contributed by atoms with Crippen LogP contribution in [0.4, 0.5) is 4.39 Å². The second-order valence-corrected chi connectivity index (χ2v) is 3.10. The summed E-state index contributed by atoms with van der Waals surface area (Å²) in [6.07, 6.45) is -2.18. The van der Waals surface area contributed by atoms with Gasteiger partial charge in [-0.1, -0.05) is 6.58 Å². The average Bonchev–Trinajstić information content (AvgIpc) is 2.27. The molecule has 0 aliphatic carbocycles. The third kappa shape index (κ3) is 1.41. The predicted octanol–water partition coefficient (Wildman–Crippen LogP) is -1.40. The quantitative estimate of drug-likeness (QED) is 0.378. The molecule has 1 aliphatic heterocycles. The Kier molecular flexibility index (Phi) is 2.85. The van der Waals surface area contributed by atoms with Crippen LogP contribution in [0.25, 0.3) is 0 Å². The SMILES string of the molecule is [B][C@]1(F)O[C@H](CO)C(O)C1(O)C=C=C. The van der Waals surface area contributed by atoms with Crippen LogP contribution in [0.3, 0.4) is 0 Å². The minimum absolute atomic E-state index is 0.655. The van der Waals surface area contributed by atoms with Crippen molar-refractivity contribution in [1.82, 2.24) is 0 Å². The summed E-state index contributed by atoms with van der Waals surface area (Å²) in [5.41, 5.74) is -0.328. The number of aliphatic hydroxyl groups excluding tert-OH is 2. The highest BCUT2D eigenvalue weighted by molar-refractivity contribution is 6.14. The van der Waals surface area contributed by atoms with E-state index in [4.69, 9.17) is 13.0 Å². The fourth-order valence-electron chi connectivity index (χ4n) is 1.34. The van der Waals surface area contributed by atoms with Crippen molar-refractivity contribution in [3.05, 3.63) is 18.4 Å². The van der Waals surface area contributed by atoms with E-state index in [1.807, 2.05) is 0 Å². The van der Waals surface area contributed by atoms with Crippen LogP contribution in [0.1, 0.15) is 0 Å². The molecule has 0 aromatic carbocycles. The molecule has 0 saturated carbocycles. The van der Waals surface area contributed by atoms with E-state index < -0.39 is 30.2 Å². The third-order valence-electron chi connectivity index (χ3n) is 2.17. The molecule has 4 nitrogen and oxygen atoms in total. The molecule has 6 heteroatoms. The predicted molar refractivity (Wildman–Crippen MR) is 46.2 cm³/mol. The van der Waals surface area contributed by atoms with E-state index in [-0.39, 0.29) is 0 Å². The maximum atomic E-state index is 13.5. The number of alkyl halides is 1. The number of rotatable bonds is 2. The summed E-state index contributed by atoms with van der Waals surface area (Å²) in [4.78, 5) is 0. The van der Waals surface area contributed by atoms with E-state index in [1.54, 1.807) is 0 Å². The molecule has 1 heterocycles. The molecular formula is C8H10BFO4. The summed E-state index contributed by atoms with van der Waals surface area (Å²) in [5.74, 6) is -2.97. The molecule has 0 bridgehead atoms. The number of halogens is 1. The van der Waals surface area contributed by atoms with Crippen molar-refractivity contribution in [3.63, 3.8) is 0 Å². The van der Waals surface area contributed by atoms with Crippen LogP contribution in [0.5, 0.6) is 0 Å². The number of aliphatic hydroxyl groups is 3. The highest BCUT2D eigenvalue weighted by atomic mass is 19.2. The van der Waals surface area contributed by atoms with Gasteiger partial charge in [-0.25, -0.2) is 4.39 Å².